The van der Waals surface area contributed by atoms with Crippen LogP contribution in [-0.4, -0.2) is 43.4 Å². The van der Waals surface area contributed by atoms with E-state index in [2.05, 4.69) is 28.6 Å². The largest absolute Gasteiger partial charge is 0.361 e. The van der Waals surface area contributed by atoms with Crippen molar-refractivity contribution in [3.63, 3.8) is 0 Å². The first kappa shape index (κ1) is 22.4. The van der Waals surface area contributed by atoms with E-state index in [1.54, 1.807) is 0 Å². The highest BCUT2D eigenvalue weighted by atomic mass is 35.5. The maximum Gasteiger partial charge on any atom is 0.211 e. The number of unbranched alkanes of at least 4 members (excludes halogenated alkanes) is 1. The van der Waals surface area contributed by atoms with Crippen LogP contribution in [0.5, 0.6) is 0 Å². The third-order valence-electron chi connectivity index (χ3n) is 4.96. The number of aryl methyl sites for hydroxylation is 2. The summed E-state index contributed by atoms with van der Waals surface area (Å²) in [4.78, 5) is 2.31. The van der Waals surface area contributed by atoms with E-state index in [9.17, 15) is 8.42 Å². The van der Waals surface area contributed by atoms with Crippen LogP contribution >= 0.6 is 12.4 Å². The van der Waals surface area contributed by atoms with Crippen LogP contribution in [0.4, 0.5) is 0 Å². The van der Waals surface area contributed by atoms with E-state index in [0.717, 1.165) is 43.1 Å². The molecule has 1 aliphatic heterocycles. The fraction of sp³-hybridized carbons (Fsp3) is 0.824. The van der Waals surface area contributed by atoms with Crippen LogP contribution in [0, 0.1) is 25.7 Å². The van der Waals surface area contributed by atoms with Crippen molar-refractivity contribution >= 4 is 22.4 Å². The highest BCUT2D eigenvalue weighted by Crippen LogP contribution is 2.27. The minimum Gasteiger partial charge on any atom is -0.361 e. The number of likely N-dealkylation sites (tertiary alicyclic amines) is 1. The highest BCUT2D eigenvalue weighted by molar-refractivity contribution is 7.89. The molecule has 0 aliphatic carbocycles. The second kappa shape index (κ2) is 9.35. The molecule has 0 saturated carbocycles. The fourth-order valence-corrected chi connectivity index (χ4v) is 4.91. The number of rotatable bonds is 8. The quantitative estimate of drug-likeness (QED) is 0.734. The monoisotopic (exact) mass is 393 g/mol. The summed E-state index contributed by atoms with van der Waals surface area (Å²) in [6, 6.07) is -0.0210. The number of hydrogen-bond acceptors (Lipinski definition) is 5. The lowest BCUT2D eigenvalue weighted by molar-refractivity contribution is 0.293. The third kappa shape index (κ3) is 5.94. The predicted octanol–water partition coefficient (Wildman–Crippen LogP) is 2.89. The van der Waals surface area contributed by atoms with Gasteiger partial charge >= 0.3 is 0 Å². The lowest BCUT2D eigenvalue weighted by atomic mass is 9.92. The van der Waals surface area contributed by atoms with E-state index < -0.39 is 10.0 Å². The summed E-state index contributed by atoms with van der Waals surface area (Å²) in [7, 11) is -3.20. The average Bonchev–Trinajstić information content (AvgIpc) is 3.03. The van der Waals surface area contributed by atoms with E-state index in [0.29, 0.717) is 18.3 Å². The van der Waals surface area contributed by atoms with Crippen molar-refractivity contribution in [3.8, 4) is 0 Å². The fourth-order valence-electron chi connectivity index (χ4n) is 3.42. The van der Waals surface area contributed by atoms with Gasteiger partial charge in [0.15, 0.2) is 0 Å². The van der Waals surface area contributed by atoms with Crippen LogP contribution in [0.2, 0.25) is 0 Å². The van der Waals surface area contributed by atoms with Gasteiger partial charge in [0.25, 0.3) is 0 Å². The smallest absolute Gasteiger partial charge is 0.211 e. The summed E-state index contributed by atoms with van der Waals surface area (Å²) >= 11 is 0. The van der Waals surface area contributed by atoms with Gasteiger partial charge in [0.2, 0.25) is 10.0 Å². The molecule has 1 fully saturated rings. The van der Waals surface area contributed by atoms with Gasteiger partial charge in [-0.05, 0) is 32.1 Å². The van der Waals surface area contributed by atoms with Gasteiger partial charge < -0.3 is 4.52 Å². The predicted molar refractivity (Wildman–Crippen MR) is 102 cm³/mol. The number of nitrogens with one attached hydrogen (secondary N) is 1. The summed E-state index contributed by atoms with van der Waals surface area (Å²) < 4.78 is 32.8. The number of nitrogens with zero attached hydrogens (tertiary/aromatic N) is 2. The molecule has 1 aliphatic rings. The second-order valence-corrected chi connectivity index (χ2v) is 9.17. The molecule has 0 bridgehead atoms. The Morgan fingerprint density at radius 3 is 2.52 bits per heavy atom. The van der Waals surface area contributed by atoms with Crippen LogP contribution in [0.3, 0.4) is 0 Å². The van der Waals surface area contributed by atoms with E-state index in [-0.39, 0.29) is 24.2 Å². The maximum absolute atomic E-state index is 12.3. The Kier molecular flexibility index (Phi) is 8.38. The van der Waals surface area contributed by atoms with Gasteiger partial charge in [-0.15, -0.1) is 12.4 Å². The lowest BCUT2D eigenvalue weighted by Gasteiger charge is -2.22. The summed E-state index contributed by atoms with van der Waals surface area (Å²) in [6.45, 7) is 12.6. The third-order valence-corrected chi connectivity index (χ3v) is 6.45. The Bertz CT molecular complexity index is 626. The molecule has 2 rings (SSSR count). The van der Waals surface area contributed by atoms with Gasteiger partial charge in [-0.25, -0.2) is 13.1 Å². The Morgan fingerprint density at radius 2 is 2.00 bits per heavy atom. The average molecular weight is 394 g/mol. The lowest BCUT2D eigenvalue weighted by Crippen LogP contribution is -2.42. The molecule has 2 heterocycles. The molecule has 25 heavy (non-hydrogen) atoms. The Morgan fingerprint density at radius 1 is 1.32 bits per heavy atom. The molecule has 2 atom stereocenters. The van der Waals surface area contributed by atoms with Crippen LogP contribution in [-0.2, 0) is 16.6 Å². The Hall–Kier alpha value is -0.630. The highest BCUT2D eigenvalue weighted by Gasteiger charge is 2.37. The van der Waals surface area contributed by atoms with Gasteiger partial charge in [0.1, 0.15) is 5.76 Å². The van der Waals surface area contributed by atoms with Crippen LogP contribution in [0.15, 0.2) is 4.52 Å². The van der Waals surface area contributed by atoms with Gasteiger partial charge in [0.05, 0.1) is 11.4 Å². The zero-order valence-electron chi connectivity index (χ0n) is 15.9. The molecule has 0 spiro atoms. The molecule has 8 heteroatoms. The Balaban J connectivity index is 0.00000312. The minimum atomic E-state index is -3.20. The van der Waals surface area contributed by atoms with E-state index >= 15 is 0 Å². The minimum absolute atomic E-state index is 0. The summed E-state index contributed by atoms with van der Waals surface area (Å²) in [5, 5.41) is 4.01. The molecular formula is C17H32ClN3O3S. The number of sulfonamides is 1. The van der Waals surface area contributed by atoms with Gasteiger partial charge in [-0.1, -0.05) is 32.3 Å². The molecule has 0 unspecified atom stereocenters. The molecular weight excluding hydrogens is 362 g/mol. The maximum atomic E-state index is 12.3. The molecule has 1 saturated heterocycles. The normalized spacial score (nSPS) is 21.7. The first-order valence-corrected chi connectivity index (χ1v) is 10.5. The Labute approximate surface area is 158 Å². The van der Waals surface area contributed by atoms with Gasteiger partial charge in [-0.2, -0.15) is 0 Å². The van der Waals surface area contributed by atoms with E-state index in [4.69, 9.17) is 4.52 Å². The molecule has 0 amide bonds. The second-order valence-electron chi connectivity index (χ2n) is 7.30. The molecule has 0 radical (unpaired) electrons. The van der Waals surface area contributed by atoms with Crippen LogP contribution < -0.4 is 4.72 Å². The summed E-state index contributed by atoms with van der Waals surface area (Å²) in [6.07, 6.45) is 1.59. The SMILES string of the molecule is CCCCS(=O)(=O)N[C@H]1CN(Cc2c(C)noc2C)C[C@@H]1C(C)C.Cl. The number of halogens is 1. The molecule has 1 aromatic rings. The first-order valence-electron chi connectivity index (χ1n) is 8.87. The zero-order chi connectivity index (χ0) is 17.9. The molecule has 1 N–H and O–H groups in total. The standard InChI is InChI=1S/C17H31N3O3S.ClH/c1-6-7-8-24(21,22)19-17-11-20(9-15(17)12(2)3)10-16-13(4)18-23-14(16)5;/h12,15,17,19H,6-11H2,1-5H3;1H/t15-,17+;/m1./s1. The number of aromatic nitrogens is 1. The zero-order valence-corrected chi connectivity index (χ0v) is 17.5. The molecule has 1 aromatic heterocycles. The molecule has 0 aromatic carbocycles. The summed E-state index contributed by atoms with van der Waals surface area (Å²) in [5.41, 5.74) is 2.03. The van der Waals surface area contributed by atoms with Crippen molar-refractivity contribution in [2.45, 2.75) is 60.0 Å². The van der Waals surface area contributed by atoms with Gasteiger partial charge in [-0.3, -0.25) is 4.90 Å². The molecule has 146 valence electrons. The van der Waals surface area contributed by atoms with Crippen molar-refractivity contribution in [2.24, 2.45) is 11.8 Å². The van der Waals surface area contributed by atoms with Crippen LogP contribution in [0.25, 0.3) is 0 Å². The van der Waals surface area contributed by atoms with Crippen molar-refractivity contribution < 1.29 is 12.9 Å². The topological polar surface area (TPSA) is 75.4 Å². The number of hydrogen-bond donors (Lipinski definition) is 1. The van der Waals surface area contributed by atoms with E-state index in [1.807, 2.05) is 20.8 Å². The van der Waals surface area contributed by atoms with Crippen molar-refractivity contribution in [1.82, 2.24) is 14.8 Å². The van der Waals surface area contributed by atoms with Crippen molar-refractivity contribution in [3.05, 3.63) is 17.0 Å². The van der Waals surface area contributed by atoms with E-state index in [1.165, 1.54) is 0 Å². The van der Waals surface area contributed by atoms with Gasteiger partial charge in [0, 0.05) is 31.2 Å². The van der Waals surface area contributed by atoms with Crippen molar-refractivity contribution in [1.29, 1.82) is 0 Å². The molecule has 6 nitrogen and oxygen atoms in total. The first-order chi connectivity index (χ1) is 11.2. The van der Waals surface area contributed by atoms with Crippen LogP contribution in [0.1, 0.15) is 50.6 Å². The van der Waals surface area contributed by atoms with Crippen molar-refractivity contribution in [2.75, 3.05) is 18.8 Å². The summed E-state index contributed by atoms with van der Waals surface area (Å²) in [5.74, 6) is 1.82.